The summed E-state index contributed by atoms with van der Waals surface area (Å²) in [6.07, 6.45) is 1.80. The van der Waals surface area contributed by atoms with E-state index in [0.717, 1.165) is 24.1 Å². The van der Waals surface area contributed by atoms with Crippen molar-refractivity contribution in [2.45, 2.75) is 58.1 Å². The number of para-hydroxylation sites is 1. The number of benzene rings is 1. The average molecular weight is 320 g/mol. The summed E-state index contributed by atoms with van der Waals surface area (Å²) >= 11 is 0. The molecule has 1 aromatic carbocycles. The van der Waals surface area contributed by atoms with Crippen molar-refractivity contribution in [3.8, 4) is 5.75 Å². The lowest BCUT2D eigenvalue weighted by Gasteiger charge is -2.42. The van der Waals surface area contributed by atoms with Crippen molar-refractivity contribution < 1.29 is 14.3 Å². The second-order valence-electron chi connectivity index (χ2n) is 6.82. The van der Waals surface area contributed by atoms with Gasteiger partial charge in [0.1, 0.15) is 11.4 Å². The summed E-state index contributed by atoms with van der Waals surface area (Å²) < 4.78 is 11.4. The highest BCUT2D eigenvalue weighted by molar-refractivity contribution is 5.93. The molecule has 1 amide bonds. The van der Waals surface area contributed by atoms with Crippen LogP contribution in [0.4, 0.5) is 10.5 Å². The molecule has 5 nitrogen and oxygen atoms in total. The average Bonchev–Trinajstić information content (AvgIpc) is 2.51. The highest BCUT2D eigenvalue weighted by Gasteiger charge is 2.44. The Kier molecular flexibility index (Phi) is 4.90. The third-order valence-electron chi connectivity index (χ3n) is 4.60. The molecule has 0 spiro atoms. The fourth-order valence-electron chi connectivity index (χ4n) is 3.08. The van der Waals surface area contributed by atoms with Gasteiger partial charge < -0.3 is 15.2 Å². The van der Waals surface area contributed by atoms with E-state index in [2.05, 4.69) is 0 Å². The molecule has 0 fully saturated rings. The Hall–Kier alpha value is -1.75. The molecule has 1 aromatic rings. The molecule has 0 saturated heterocycles. The number of anilines is 1. The molecule has 0 atom stereocenters. The minimum absolute atomic E-state index is 0.324. The molecule has 1 heterocycles. The quantitative estimate of drug-likeness (QED) is 0.866. The third-order valence-corrected chi connectivity index (χ3v) is 4.60. The van der Waals surface area contributed by atoms with Crippen LogP contribution >= 0.6 is 0 Å². The van der Waals surface area contributed by atoms with Gasteiger partial charge in [0.25, 0.3) is 0 Å². The van der Waals surface area contributed by atoms with Crippen molar-refractivity contribution in [3.05, 3.63) is 23.8 Å². The van der Waals surface area contributed by atoms with Crippen LogP contribution in [0.2, 0.25) is 0 Å². The number of methoxy groups -OCH3 is 1. The van der Waals surface area contributed by atoms with Gasteiger partial charge >= 0.3 is 6.09 Å². The molecular weight excluding hydrogens is 292 g/mol. The van der Waals surface area contributed by atoms with Gasteiger partial charge in [-0.2, -0.15) is 0 Å². The van der Waals surface area contributed by atoms with E-state index in [1.165, 1.54) is 0 Å². The van der Waals surface area contributed by atoms with Crippen molar-refractivity contribution in [3.63, 3.8) is 0 Å². The smallest absolute Gasteiger partial charge is 0.415 e. The summed E-state index contributed by atoms with van der Waals surface area (Å²) in [5, 5.41) is 0. The lowest BCUT2D eigenvalue weighted by Crippen LogP contribution is -2.48. The van der Waals surface area contributed by atoms with Gasteiger partial charge in [0.05, 0.1) is 12.8 Å². The molecule has 23 heavy (non-hydrogen) atoms. The van der Waals surface area contributed by atoms with Crippen LogP contribution in [-0.4, -0.2) is 25.3 Å². The number of fused-ring (bicyclic) bond motifs is 1. The van der Waals surface area contributed by atoms with Gasteiger partial charge in [-0.1, -0.05) is 26.0 Å². The summed E-state index contributed by atoms with van der Waals surface area (Å²) in [7, 11) is 1.63. The second kappa shape index (κ2) is 6.40. The van der Waals surface area contributed by atoms with E-state index in [-0.39, 0.29) is 11.6 Å². The topological polar surface area (TPSA) is 64.8 Å². The number of hydrogen-bond donors (Lipinski definition) is 1. The first-order valence-corrected chi connectivity index (χ1v) is 8.25. The van der Waals surface area contributed by atoms with Gasteiger partial charge in [-0.3, -0.25) is 4.90 Å². The van der Waals surface area contributed by atoms with Crippen LogP contribution in [0.15, 0.2) is 18.2 Å². The van der Waals surface area contributed by atoms with Gasteiger partial charge in [-0.25, -0.2) is 4.79 Å². The van der Waals surface area contributed by atoms with Gasteiger partial charge in [0.2, 0.25) is 0 Å². The highest BCUT2D eigenvalue weighted by Crippen LogP contribution is 2.47. The molecule has 128 valence electrons. The molecule has 0 bridgehead atoms. The number of rotatable bonds is 6. The zero-order valence-electron chi connectivity index (χ0n) is 14.8. The monoisotopic (exact) mass is 320 g/mol. The molecule has 0 unspecified atom stereocenters. The van der Waals surface area contributed by atoms with Crippen LogP contribution in [0.3, 0.4) is 0 Å². The maximum Gasteiger partial charge on any atom is 0.415 e. The zero-order chi connectivity index (χ0) is 17.3. The Morgan fingerprint density at radius 3 is 2.48 bits per heavy atom. The molecule has 1 aliphatic rings. The number of nitrogens with two attached hydrogens (primary N) is 1. The molecule has 0 aliphatic carbocycles. The fraction of sp³-hybridized carbons (Fsp3) is 0.611. The first kappa shape index (κ1) is 17.6. The van der Waals surface area contributed by atoms with Gasteiger partial charge in [-0.15, -0.1) is 0 Å². The number of ether oxygens (including phenoxy) is 2. The van der Waals surface area contributed by atoms with Crippen molar-refractivity contribution in [1.29, 1.82) is 0 Å². The summed E-state index contributed by atoms with van der Waals surface area (Å²) in [5.74, 6) is 0.695. The molecule has 0 radical (unpaired) electrons. The largest absolute Gasteiger partial charge is 0.495 e. The summed E-state index contributed by atoms with van der Waals surface area (Å²) in [6.45, 7) is 8.48. The highest BCUT2D eigenvalue weighted by atomic mass is 16.6. The molecule has 0 saturated carbocycles. The maximum atomic E-state index is 12.7. The number of hydrogen-bond acceptors (Lipinski definition) is 4. The van der Waals surface area contributed by atoms with Gasteiger partial charge in [0, 0.05) is 17.6 Å². The predicted molar refractivity (Wildman–Crippen MR) is 92.0 cm³/mol. The summed E-state index contributed by atoms with van der Waals surface area (Å²) in [5.41, 5.74) is 6.97. The van der Waals surface area contributed by atoms with E-state index in [1.54, 1.807) is 12.0 Å². The predicted octanol–water partition coefficient (Wildman–Crippen LogP) is 3.79. The van der Waals surface area contributed by atoms with Crippen molar-refractivity contribution in [1.82, 2.24) is 0 Å². The normalized spacial score (nSPS) is 16.8. The zero-order valence-corrected chi connectivity index (χ0v) is 14.8. The number of nitrogens with zero attached hydrogens (tertiary/aromatic N) is 1. The van der Waals surface area contributed by atoms with Gasteiger partial charge in [0.15, 0.2) is 0 Å². The Labute approximate surface area is 138 Å². The minimum atomic E-state index is -0.588. The maximum absolute atomic E-state index is 12.7. The molecule has 5 heteroatoms. The van der Waals surface area contributed by atoms with E-state index < -0.39 is 5.60 Å². The fourth-order valence-corrected chi connectivity index (χ4v) is 3.08. The first-order valence-electron chi connectivity index (χ1n) is 8.25. The Morgan fingerprint density at radius 1 is 1.30 bits per heavy atom. The Balaban J connectivity index is 2.53. The van der Waals surface area contributed by atoms with E-state index in [4.69, 9.17) is 15.2 Å². The van der Waals surface area contributed by atoms with Crippen molar-refractivity contribution >= 4 is 11.8 Å². The van der Waals surface area contributed by atoms with Crippen LogP contribution in [0.25, 0.3) is 0 Å². The standard InChI is InChI=1S/C18H28N2O3/c1-6-18(7-2)13-9-8-10-14(22-5)15(13)20(16(21)23-18)12-11-17(3,4)19/h8-10H,6-7,11-12,19H2,1-5H3. The van der Waals surface area contributed by atoms with Crippen LogP contribution in [0, 0.1) is 0 Å². The lowest BCUT2D eigenvalue weighted by atomic mass is 9.85. The molecule has 1 aliphatic heterocycles. The molecule has 2 rings (SSSR count). The molecule has 2 N–H and O–H groups in total. The van der Waals surface area contributed by atoms with Gasteiger partial charge in [-0.05, 0) is 39.2 Å². The summed E-state index contributed by atoms with van der Waals surface area (Å²) in [4.78, 5) is 14.3. The van der Waals surface area contributed by atoms with Crippen LogP contribution in [0.1, 0.15) is 52.5 Å². The van der Waals surface area contributed by atoms with Crippen LogP contribution < -0.4 is 15.4 Å². The van der Waals surface area contributed by atoms with E-state index in [1.807, 2.05) is 45.9 Å². The molecular formula is C18H28N2O3. The van der Waals surface area contributed by atoms with E-state index >= 15 is 0 Å². The van der Waals surface area contributed by atoms with E-state index in [0.29, 0.717) is 18.7 Å². The lowest BCUT2D eigenvalue weighted by molar-refractivity contribution is -0.00156. The Morgan fingerprint density at radius 2 is 1.96 bits per heavy atom. The number of carbonyl (C=O) groups excluding carboxylic acids is 1. The van der Waals surface area contributed by atoms with Crippen LogP contribution in [-0.2, 0) is 10.3 Å². The molecule has 0 aromatic heterocycles. The second-order valence-corrected chi connectivity index (χ2v) is 6.82. The minimum Gasteiger partial charge on any atom is -0.495 e. The third kappa shape index (κ3) is 3.29. The Bertz CT molecular complexity index is 574. The van der Waals surface area contributed by atoms with Crippen molar-refractivity contribution in [2.75, 3.05) is 18.6 Å². The summed E-state index contributed by atoms with van der Waals surface area (Å²) in [6, 6.07) is 5.86. The number of carbonyl (C=O) groups is 1. The van der Waals surface area contributed by atoms with Crippen molar-refractivity contribution in [2.24, 2.45) is 5.73 Å². The number of amides is 1. The van der Waals surface area contributed by atoms with E-state index in [9.17, 15) is 4.79 Å². The van der Waals surface area contributed by atoms with Crippen LogP contribution in [0.5, 0.6) is 5.75 Å². The SMILES string of the molecule is CCC1(CC)OC(=O)N(CCC(C)(C)N)c2c(OC)cccc21. The number of cyclic esters (lactones) is 1. The first-order chi connectivity index (χ1) is 10.8.